The van der Waals surface area contributed by atoms with Gasteiger partial charge in [-0.2, -0.15) is 5.10 Å². The monoisotopic (exact) mass is 242 g/mol. The number of aromatic nitrogens is 2. The third-order valence-electron chi connectivity index (χ3n) is 4.24. The summed E-state index contributed by atoms with van der Waals surface area (Å²) in [7, 11) is 0. The van der Waals surface area contributed by atoms with Crippen molar-refractivity contribution < 1.29 is 0 Å². The smallest absolute Gasteiger partial charge is 0.0688 e. The average molecular weight is 242 g/mol. The van der Waals surface area contributed by atoms with Gasteiger partial charge >= 0.3 is 0 Å². The molecule has 0 spiro atoms. The second-order valence-corrected chi connectivity index (χ2v) is 6.25. The molecule has 96 valence electrons. The zero-order valence-corrected chi connectivity index (χ0v) is 11.7. The Labute approximate surface area is 109 Å². The van der Waals surface area contributed by atoms with Crippen LogP contribution in [0.25, 0.3) is 10.9 Å². The quantitative estimate of drug-likeness (QED) is 0.781. The second kappa shape index (κ2) is 4.11. The predicted molar refractivity (Wildman–Crippen MR) is 75.8 cm³/mol. The summed E-state index contributed by atoms with van der Waals surface area (Å²) in [6.07, 6.45) is 3.34. The van der Waals surface area contributed by atoms with Gasteiger partial charge in [-0.05, 0) is 49.7 Å². The van der Waals surface area contributed by atoms with Gasteiger partial charge in [0.1, 0.15) is 0 Å². The van der Waals surface area contributed by atoms with Crippen molar-refractivity contribution in [3.8, 4) is 0 Å². The maximum Gasteiger partial charge on any atom is 0.0688 e. The van der Waals surface area contributed by atoms with Crippen LogP contribution in [0.4, 0.5) is 0 Å². The van der Waals surface area contributed by atoms with Gasteiger partial charge < -0.3 is 0 Å². The van der Waals surface area contributed by atoms with Crippen LogP contribution in [-0.2, 0) is 0 Å². The van der Waals surface area contributed by atoms with Gasteiger partial charge in [0.25, 0.3) is 0 Å². The van der Waals surface area contributed by atoms with Crippen LogP contribution in [0.5, 0.6) is 0 Å². The van der Waals surface area contributed by atoms with Crippen LogP contribution in [0, 0.1) is 11.8 Å². The van der Waals surface area contributed by atoms with Crippen LogP contribution in [0.1, 0.15) is 51.6 Å². The maximum absolute atomic E-state index is 4.49. The van der Waals surface area contributed by atoms with Crippen LogP contribution in [0.15, 0.2) is 24.4 Å². The van der Waals surface area contributed by atoms with E-state index in [1.165, 1.54) is 22.9 Å². The molecule has 18 heavy (non-hydrogen) atoms. The number of hydrogen-bond donors (Lipinski definition) is 0. The van der Waals surface area contributed by atoms with Crippen molar-refractivity contribution >= 4 is 10.9 Å². The van der Waals surface area contributed by atoms with Crippen molar-refractivity contribution in [2.75, 3.05) is 0 Å². The van der Waals surface area contributed by atoms with Crippen molar-refractivity contribution in [2.24, 2.45) is 11.8 Å². The van der Waals surface area contributed by atoms with Gasteiger partial charge in [-0.15, -0.1) is 0 Å². The van der Waals surface area contributed by atoms with Crippen molar-refractivity contribution in [1.82, 2.24) is 9.78 Å². The van der Waals surface area contributed by atoms with Gasteiger partial charge in [0.05, 0.1) is 11.7 Å². The Morgan fingerprint density at radius 1 is 1.22 bits per heavy atom. The molecule has 1 aromatic carbocycles. The molecule has 0 unspecified atom stereocenters. The first-order valence-electron chi connectivity index (χ1n) is 7.05. The summed E-state index contributed by atoms with van der Waals surface area (Å²) in [5.41, 5.74) is 2.79. The SMILES string of the molecule is CC(C)[C@H]1C[C@@H]1c1ccc2cnn(C(C)C)c2c1. The van der Waals surface area contributed by atoms with Gasteiger partial charge in [0.15, 0.2) is 0 Å². The molecule has 1 saturated carbocycles. The Balaban J connectivity index is 1.98. The van der Waals surface area contributed by atoms with E-state index in [0.29, 0.717) is 6.04 Å². The second-order valence-electron chi connectivity index (χ2n) is 6.25. The molecule has 2 heteroatoms. The van der Waals surface area contributed by atoms with Gasteiger partial charge in [-0.25, -0.2) is 0 Å². The average Bonchev–Trinajstić information content (AvgIpc) is 3.01. The first-order chi connectivity index (χ1) is 8.58. The van der Waals surface area contributed by atoms with E-state index in [2.05, 4.69) is 55.7 Å². The molecule has 0 saturated heterocycles. The van der Waals surface area contributed by atoms with Crippen molar-refractivity contribution in [1.29, 1.82) is 0 Å². The predicted octanol–water partition coefficient (Wildman–Crippen LogP) is 4.38. The minimum atomic E-state index is 0.429. The Kier molecular flexibility index (Phi) is 2.69. The fourth-order valence-corrected chi connectivity index (χ4v) is 3.03. The highest BCUT2D eigenvalue weighted by atomic mass is 15.3. The zero-order valence-electron chi connectivity index (χ0n) is 11.7. The molecular weight excluding hydrogens is 220 g/mol. The highest BCUT2D eigenvalue weighted by Gasteiger charge is 2.40. The summed E-state index contributed by atoms with van der Waals surface area (Å²) < 4.78 is 2.13. The van der Waals surface area contributed by atoms with Crippen LogP contribution in [0.3, 0.4) is 0 Å². The van der Waals surface area contributed by atoms with Gasteiger partial charge in [-0.3, -0.25) is 4.68 Å². The van der Waals surface area contributed by atoms with E-state index in [1.807, 2.05) is 6.20 Å². The highest BCUT2D eigenvalue weighted by Crippen LogP contribution is 2.52. The Hall–Kier alpha value is -1.31. The van der Waals surface area contributed by atoms with E-state index in [4.69, 9.17) is 0 Å². The third-order valence-corrected chi connectivity index (χ3v) is 4.24. The van der Waals surface area contributed by atoms with E-state index >= 15 is 0 Å². The lowest BCUT2D eigenvalue weighted by Crippen LogP contribution is -2.02. The van der Waals surface area contributed by atoms with E-state index in [-0.39, 0.29) is 0 Å². The normalized spacial score (nSPS) is 23.2. The summed E-state index contributed by atoms with van der Waals surface area (Å²) >= 11 is 0. The molecule has 0 bridgehead atoms. The van der Waals surface area contributed by atoms with E-state index in [0.717, 1.165) is 17.8 Å². The number of rotatable bonds is 3. The molecule has 0 aliphatic heterocycles. The molecule has 2 nitrogen and oxygen atoms in total. The summed E-state index contributed by atoms with van der Waals surface area (Å²) in [6.45, 7) is 9.05. The molecule has 0 N–H and O–H groups in total. The summed E-state index contributed by atoms with van der Waals surface area (Å²) in [5.74, 6) is 2.48. The van der Waals surface area contributed by atoms with Crippen molar-refractivity contribution in [2.45, 2.75) is 46.1 Å². The minimum absolute atomic E-state index is 0.429. The molecule has 0 amide bonds. The molecule has 0 radical (unpaired) electrons. The molecule has 1 aliphatic carbocycles. The lowest BCUT2D eigenvalue weighted by atomic mass is 10.0. The topological polar surface area (TPSA) is 17.8 Å². The van der Waals surface area contributed by atoms with Gasteiger partial charge in [0.2, 0.25) is 0 Å². The van der Waals surface area contributed by atoms with Crippen molar-refractivity contribution in [3.63, 3.8) is 0 Å². The fraction of sp³-hybridized carbons (Fsp3) is 0.562. The van der Waals surface area contributed by atoms with E-state index < -0.39 is 0 Å². The number of benzene rings is 1. The van der Waals surface area contributed by atoms with Crippen LogP contribution in [0.2, 0.25) is 0 Å². The zero-order chi connectivity index (χ0) is 12.9. The molecule has 2 atom stereocenters. The third kappa shape index (κ3) is 1.84. The van der Waals surface area contributed by atoms with Crippen LogP contribution < -0.4 is 0 Å². The molecule has 1 fully saturated rings. The number of fused-ring (bicyclic) bond motifs is 1. The molecular formula is C16H22N2. The molecule has 2 aromatic rings. The minimum Gasteiger partial charge on any atom is -0.262 e. The van der Waals surface area contributed by atoms with Crippen molar-refractivity contribution in [3.05, 3.63) is 30.0 Å². The largest absolute Gasteiger partial charge is 0.262 e. The van der Waals surface area contributed by atoms with Gasteiger partial charge in [-0.1, -0.05) is 26.0 Å². The highest BCUT2D eigenvalue weighted by molar-refractivity contribution is 5.79. The summed E-state index contributed by atoms with van der Waals surface area (Å²) in [6, 6.07) is 7.31. The fourth-order valence-electron chi connectivity index (χ4n) is 3.03. The molecule has 1 aromatic heterocycles. The van der Waals surface area contributed by atoms with E-state index in [1.54, 1.807) is 0 Å². The first-order valence-corrected chi connectivity index (χ1v) is 7.05. The Bertz CT molecular complexity index is 565. The van der Waals surface area contributed by atoms with Crippen LogP contribution >= 0.6 is 0 Å². The lowest BCUT2D eigenvalue weighted by molar-refractivity contribution is 0.546. The molecule has 1 heterocycles. The Morgan fingerprint density at radius 3 is 2.61 bits per heavy atom. The summed E-state index contributed by atoms with van der Waals surface area (Å²) in [4.78, 5) is 0. The molecule has 1 aliphatic rings. The number of hydrogen-bond acceptors (Lipinski definition) is 1. The van der Waals surface area contributed by atoms with Crippen LogP contribution in [-0.4, -0.2) is 9.78 Å². The number of nitrogens with zero attached hydrogens (tertiary/aromatic N) is 2. The lowest BCUT2D eigenvalue weighted by Gasteiger charge is -2.09. The van der Waals surface area contributed by atoms with E-state index in [9.17, 15) is 0 Å². The van der Waals surface area contributed by atoms with Gasteiger partial charge in [0, 0.05) is 11.4 Å². The Morgan fingerprint density at radius 2 is 2.00 bits per heavy atom. The summed E-state index contributed by atoms with van der Waals surface area (Å²) in [5, 5.41) is 5.74. The maximum atomic E-state index is 4.49. The first kappa shape index (κ1) is 11.8. The standard InChI is InChI=1S/C16H22N2/c1-10(2)14-8-15(14)12-5-6-13-9-17-18(11(3)4)16(13)7-12/h5-7,9-11,14-15H,8H2,1-4H3/t14-,15-/m1/s1. The molecule has 3 rings (SSSR count).